The summed E-state index contributed by atoms with van der Waals surface area (Å²) in [5.74, 6) is 0.844. The van der Waals surface area contributed by atoms with E-state index in [9.17, 15) is 0 Å². The van der Waals surface area contributed by atoms with Gasteiger partial charge in [-0.05, 0) is 44.3 Å². The highest BCUT2D eigenvalue weighted by Crippen LogP contribution is 2.24. The fourth-order valence-electron chi connectivity index (χ4n) is 3.36. The largest absolute Gasteiger partial charge is 0.330 e. The Bertz CT molecular complexity index is 756. The van der Waals surface area contributed by atoms with E-state index in [-0.39, 0.29) is 0 Å². The molecule has 0 amide bonds. The lowest BCUT2D eigenvalue weighted by molar-refractivity contribution is 0.339. The van der Waals surface area contributed by atoms with E-state index in [0.717, 1.165) is 23.5 Å². The first kappa shape index (κ1) is 12.8. The van der Waals surface area contributed by atoms with Gasteiger partial charge in [0.15, 0.2) is 0 Å². The summed E-state index contributed by atoms with van der Waals surface area (Å²) in [6, 6.07) is 8.33. The number of nitrogens with one attached hydrogen (secondary N) is 1. The Morgan fingerprint density at radius 1 is 1.10 bits per heavy atom. The van der Waals surface area contributed by atoms with Gasteiger partial charge in [0.2, 0.25) is 0 Å². The molecule has 0 bridgehead atoms. The van der Waals surface area contributed by atoms with Crippen molar-refractivity contribution in [3.8, 4) is 0 Å². The molecule has 3 heterocycles. The van der Waals surface area contributed by atoms with Gasteiger partial charge in [-0.15, -0.1) is 0 Å². The highest BCUT2D eigenvalue weighted by Gasteiger charge is 2.14. The molecule has 0 radical (unpaired) electrons. The number of hydrogen-bond donors (Lipinski definition) is 1. The van der Waals surface area contributed by atoms with Crippen molar-refractivity contribution in [2.45, 2.75) is 25.8 Å². The summed E-state index contributed by atoms with van der Waals surface area (Å²) in [5.41, 5.74) is 3.28. The van der Waals surface area contributed by atoms with Gasteiger partial charge in [-0.25, -0.2) is 4.98 Å². The van der Waals surface area contributed by atoms with E-state index in [1.54, 1.807) is 0 Å². The summed E-state index contributed by atoms with van der Waals surface area (Å²) in [7, 11) is 0. The van der Waals surface area contributed by atoms with Gasteiger partial charge in [0.05, 0.1) is 23.6 Å². The van der Waals surface area contributed by atoms with Crippen molar-refractivity contribution in [2.75, 3.05) is 13.1 Å². The minimum absolute atomic E-state index is 0.844. The van der Waals surface area contributed by atoms with Gasteiger partial charge in [-0.1, -0.05) is 18.2 Å². The number of hydrogen-bond acceptors (Lipinski definition) is 3. The van der Waals surface area contributed by atoms with Gasteiger partial charge in [0.1, 0.15) is 5.52 Å². The summed E-state index contributed by atoms with van der Waals surface area (Å²) in [6.45, 7) is 3.39. The molecular formula is C17H20N4. The maximum Gasteiger partial charge on any atom is 0.107 e. The molecule has 21 heavy (non-hydrogen) atoms. The summed E-state index contributed by atoms with van der Waals surface area (Å²) < 4.78 is 2.31. The zero-order chi connectivity index (χ0) is 14.1. The maximum absolute atomic E-state index is 4.52. The molecule has 3 aromatic rings. The second kappa shape index (κ2) is 5.45. The number of fused-ring (bicyclic) bond motifs is 3. The van der Waals surface area contributed by atoms with Crippen LogP contribution in [-0.2, 0) is 6.54 Å². The lowest BCUT2D eigenvalue weighted by Crippen LogP contribution is -2.28. The number of para-hydroxylation sites is 1. The van der Waals surface area contributed by atoms with Crippen molar-refractivity contribution in [2.24, 2.45) is 5.92 Å². The first-order chi connectivity index (χ1) is 10.4. The molecule has 1 aliphatic rings. The topological polar surface area (TPSA) is 42.7 Å². The highest BCUT2D eigenvalue weighted by atomic mass is 15.0. The van der Waals surface area contributed by atoms with Gasteiger partial charge in [-0.2, -0.15) is 0 Å². The summed E-state index contributed by atoms with van der Waals surface area (Å²) in [4.78, 5) is 9.01. The van der Waals surface area contributed by atoms with Crippen molar-refractivity contribution < 1.29 is 0 Å². The molecule has 1 saturated heterocycles. The zero-order valence-electron chi connectivity index (χ0n) is 12.1. The number of piperidine rings is 1. The summed E-state index contributed by atoms with van der Waals surface area (Å²) >= 11 is 0. The number of rotatable bonds is 3. The third-order valence-electron chi connectivity index (χ3n) is 4.59. The predicted molar refractivity (Wildman–Crippen MR) is 85.2 cm³/mol. The first-order valence-corrected chi connectivity index (χ1v) is 7.81. The number of benzene rings is 1. The Kier molecular flexibility index (Phi) is 3.31. The van der Waals surface area contributed by atoms with Gasteiger partial charge in [0.25, 0.3) is 0 Å². The van der Waals surface area contributed by atoms with Gasteiger partial charge in [0, 0.05) is 11.9 Å². The lowest BCUT2D eigenvalue weighted by atomic mass is 9.95. The predicted octanol–water partition coefficient (Wildman–Crippen LogP) is 2.97. The van der Waals surface area contributed by atoms with E-state index < -0.39 is 0 Å². The molecule has 108 valence electrons. The zero-order valence-corrected chi connectivity index (χ0v) is 12.1. The summed E-state index contributed by atoms with van der Waals surface area (Å²) in [5, 5.41) is 4.64. The van der Waals surface area contributed by atoms with E-state index in [4.69, 9.17) is 0 Å². The van der Waals surface area contributed by atoms with Crippen molar-refractivity contribution in [3.63, 3.8) is 0 Å². The maximum atomic E-state index is 4.52. The molecule has 0 aliphatic carbocycles. The molecule has 1 fully saturated rings. The molecule has 1 aliphatic heterocycles. The van der Waals surface area contributed by atoms with Crippen molar-refractivity contribution in [3.05, 3.63) is 36.8 Å². The Labute approximate surface area is 124 Å². The van der Waals surface area contributed by atoms with Crippen LogP contribution < -0.4 is 5.32 Å². The molecule has 1 N–H and O–H groups in total. The average Bonchev–Trinajstić information content (AvgIpc) is 2.97. The molecule has 1 aromatic carbocycles. The molecule has 4 heteroatoms. The van der Waals surface area contributed by atoms with E-state index in [0.29, 0.717) is 0 Å². The van der Waals surface area contributed by atoms with Crippen LogP contribution in [0.3, 0.4) is 0 Å². The Morgan fingerprint density at radius 2 is 1.95 bits per heavy atom. The molecule has 4 rings (SSSR count). The molecular weight excluding hydrogens is 260 g/mol. The lowest BCUT2D eigenvalue weighted by Gasteiger charge is -2.22. The number of aromatic nitrogens is 3. The molecule has 0 unspecified atom stereocenters. The Hall–Kier alpha value is -1.94. The number of nitrogens with zero attached hydrogens (tertiary/aromatic N) is 3. The van der Waals surface area contributed by atoms with Crippen LogP contribution in [0.25, 0.3) is 21.9 Å². The quantitative estimate of drug-likeness (QED) is 0.802. The highest BCUT2D eigenvalue weighted by molar-refractivity contribution is 6.01. The minimum atomic E-state index is 0.844. The van der Waals surface area contributed by atoms with Crippen molar-refractivity contribution in [1.82, 2.24) is 19.9 Å². The van der Waals surface area contributed by atoms with E-state index in [1.807, 2.05) is 18.6 Å². The van der Waals surface area contributed by atoms with E-state index in [1.165, 1.54) is 43.3 Å². The van der Waals surface area contributed by atoms with Crippen LogP contribution in [-0.4, -0.2) is 27.6 Å². The molecule has 0 saturated carbocycles. The van der Waals surface area contributed by atoms with Crippen molar-refractivity contribution in [1.29, 1.82) is 0 Å². The van der Waals surface area contributed by atoms with Gasteiger partial charge in [-0.3, -0.25) is 4.98 Å². The van der Waals surface area contributed by atoms with Crippen LogP contribution in [0.1, 0.15) is 19.3 Å². The van der Waals surface area contributed by atoms with Crippen LogP contribution in [0, 0.1) is 5.92 Å². The average molecular weight is 280 g/mol. The molecule has 0 spiro atoms. The number of aryl methyl sites for hydroxylation is 1. The van der Waals surface area contributed by atoms with Crippen LogP contribution in [0.4, 0.5) is 0 Å². The normalized spacial score (nSPS) is 16.8. The summed E-state index contributed by atoms with van der Waals surface area (Å²) in [6.07, 6.45) is 7.70. The van der Waals surface area contributed by atoms with Crippen LogP contribution in [0.2, 0.25) is 0 Å². The Morgan fingerprint density at radius 3 is 2.86 bits per heavy atom. The van der Waals surface area contributed by atoms with Gasteiger partial charge >= 0.3 is 0 Å². The van der Waals surface area contributed by atoms with Crippen LogP contribution in [0.5, 0.6) is 0 Å². The van der Waals surface area contributed by atoms with Crippen LogP contribution >= 0.6 is 0 Å². The number of pyridine rings is 1. The van der Waals surface area contributed by atoms with E-state index >= 15 is 0 Å². The first-order valence-electron chi connectivity index (χ1n) is 7.81. The standard InChI is InChI=1S/C17H20N4/c1-2-4-15-14(3-1)17-16(11-19-15)20-12-21(17)10-7-13-5-8-18-9-6-13/h1-4,11-13,18H,5-10H2. The molecule has 4 nitrogen and oxygen atoms in total. The Balaban J connectivity index is 1.66. The second-order valence-electron chi connectivity index (χ2n) is 5.93. The van der Waals surface area contributed by atoms with E-state index in [2.05, 4.69) is 38.1 Å². The second-order valence-corrected chi connectivity index (χ2v) is 5.93. The smallest absolute Gasteiger partial charge is 0.107 e. The van der Waals surface area contributed by atoms with Crippen LogP contribution in [0.15, 0.2) is 36.8 Å². The fraction of sp³-hybridized carbons (Fsp3) is 0.412. The molecule has 0 atom stereocenters. The SMILES string of the molecule is c1ccc2c(c1)ncc1ncn(CCC3CCNCC3)c12. The van der Waals surface area contributed by atoms with Crippen molar-refractivity contribution >= 4 is 21.9 Å². The minimum Gasteiger partial charge on any atom is -0.330 e. The third-order valence-corrected chi connectivity index (χ3v) is 4.59. The van der Waals surface area contributed by atoms with Gasteiger partial charge < -0.3 is 9.88 Å². The fourth-order valence-corrected chi connectivity index (χ4v) is 3.36. The number of imidazole rings is 1. The monoisotopic (exact) mass is 280 g/mol. The molecule has 2 aromatic heterocycles. The third kappa shape index (κ3) is 2.40.